The molecule has 0 saturated carbocycles. The van der Waals surface area contributed by atoms with E-state index in [1.54, 1.807) is 66.8 Å². The highest BCUT2D eigenvalue weighted by Crippen LogP contribution is 2.54. The minimum absolute atomic E-state index is 0.0701. The maximum absolute atomic E-state index is 10.1. The second kappa shape index (κ2) is 17.2. The van der Waals surface area contributed by atoms with Crippen LogP contribution in [0, 0.1) is 6.57 Å². The lowest BCUT2D eigenvalue weighted by atomic mass is 9.99. The topological polar surface area (TPSA) is 62.8 Å². The number of benzene rings is 10. The molecule has 5 heterocycles. The number of hydrogen-bond acceptors (Lipinski definition) is 3. The smallest absolute Gasteiger partial charge is 0.236 e. The zero-order chi connectivity index (χ0) is 65.3. The van der Waals surface area contributed by atoms with Crippen LogP contribution in [0.3, 0.4) is 0 Å². The third-order valence-corrected chi connectivity index (χ3v) is 14.6. The maximum Gasteiger partial charge on any atom is 0.236 e. The highest BCUT2D eigenvalue weighted by atomic mass is 15.2. The summed E-state index contributed by atoms with van der Waals surface area (Å²) < 4.78 is 160. The first kappa shape index (κ1) is 30.7. The monoisotopic (exact) mass is 1010 g/mol. The van der Waals surface area contributed by atoms with Crippen LogP contribution in [0.25, 0.3) is 144 Å². The van der Waals surface area contributed by atoms with Gasteiger partial charge in [-0.05, 0) is 55.3 Å². The Labute approximate surface area is 470 Å². The molecule has 364 valence electrons. The quantitative estimate of drug-likeness (QED) is 0.149. The van der Waals surface area contributed by atoms with Crippen LogP contribution in [0.15, 0.2) is 236 Å². The molecule has 1 aliphatic rings. The molecule has 0 N–H and O–H groups in total. The lowest BCUT2D eigenvalue weighted by Gasteiger charge is -2.29. The summed E-state index contributed by atoms with van der Waals surface area (Å²) in [6.45, 7) is 10.1. The molecular weight excluding hydrogens is 953 g/mol. The van der Waals surface area contributed by atoms with Crippen molar-refractivity contribution >= 4 is 88.1 Å². The van der Waals surface area contributed by atoms with Gasteiger partial charge in [-0.25, -0.2) is 19.8 Å². The normalized spacial score (nSPS) is 16.4. The van der Waals surface area contributed by atoms with Crippen LogP contribution in [0.4, 0.5) is 5.69 Å². The van der Waals surface area contributed by atoms with Gasteiger partial charge in [-0.3, -0.25) is 0 Å². The molecule has 16 rings (SSSR count). The summed E-state index contributed by atoms with van der Waals surface area (Å²) in [4.78, 5) is 20.6. The van der Waals surface area contributed by atoms with Gasteiger partial charge in [0.25, 0.3) is 0 Å². The Kier molecular flexibility index (Phi) is 6.77. The molecule has 5 aromatic heterocycles. The first-order chi connectivity index (χ1) is 45.2. The predicted molar refractivity (Wildman–Crippen MR) is 320 cm³/mol. The van der Waals surface area contributed by atoms with E-state index in [1.807, 2.05) is 12.1 Å². The van der Waals surface area contributed by atoms with Crippen molar-refractivity contribution in [3.05, 3.63) is 259 Å². The van der Waals surface area contributed by atoms with Crippen molar-refractivity contribution in [3.8, 4) is 56.9 Å². The lowest BCUT2D eigenvalue weighted by molar-refractivity contribution is 0.880. The Hall–Kier alpha value is -10.6. The van der Waals surface area contributed by atoms with E-state index >= 15 is 0 Å². The fourth-order valence-corrected chi connectivity index (χ4v) is 11.5. The first-order valence-corrected chi connectivity index (χ1v) is 25.0. The van der Waals surface area contributed by atoms with Gasteiger partial charge in [0.05, 0.1) is 94.1 Å². The average Bonchev–Trinajstić information content (AvgIpc) is 1.46. The molecule has 78 heavy (non-hydrogen) atoms. The Morgan fingerprint density at radius 1 is 0.397 bits per heavy atom. The SMILES string of the molecule is [2H]C1=CC([2H])Cc2c1c1c([2H])cc([2H])cc1n2-c1c(-c2nc(-c3ccccc3)nc(-c3ccccc3)n2)c(-n2c3cc([2H])cc([2H])c3c3c([2H])cc([2H])cc32)c([N+]#[C-])c(-n2c3cc([2H])cc([2H])c3c3c([2H])cc([2H])cc32)c1-n1c2cc([2H])cc([2H])c2c2c([2H])cc([2H])cc21. The van der Waals surface area contributed by atoms with E-state index in [0.717, 1.165) is 0 Å². The molecular formula is C70H44N8. The summed E-state index contributed by atoms with van der Waals surface area (Å²) in [5.74, 6) is 0.0299. The fourth-order valence-electron chi connectivity index (χ4n) is 11.5. The van der Waals surface area contributed by atoms with Gasteiger partial charge >= 0.3 is 0 Å². The van der Waals surface area contributed by atoms with Crippen molar-refractivity contribution in [3.63, 3.8) is 0 Å². The van der Waals surface area contributed by atoms with E-state index in [2.05, 4.69) is 4.85 Å². The first-order valence-electron chi connectivity index (χ1n) is 33.1. The molecule has 8 nitrogen and oxygen atoms in total. The molecule has 0 spiro atoms. The van der Waals surface area contributed by atoms with Crippen molar-refractivity contribution in [2.45, 2.75) is 12.8 Å². The third-order valence-electron chi connectivity index (χ3n) is 14.6. The van der Waals surface area contributed by atoms with Crippen LogP contribution in [0.1, 0.15) is 39.6 Å². The predicted octanol–water partition coefficient (Wildman–Crippen LogP) is 17.6. The van der Waals surface area contributed by atoms with Gasteiger partial charge in [-0.1, -0.05) is 200 Å². The Bertz CT molecular complexity index is 5750. The summed E-state index contributed by atoms with van der Waals surface area (Å²) in [5.41, 5.74) is 1.06. The second-order valence-electron chi connectivity index (χ2n) is 18.7. The van der Waals surface area contributed by atoms with Crippen LogP contribution >= 0.6 is 0 Å². The fraction of sp³-hybridized carbons (Fsp3) is 0.0286. The van der Waals surface area contributed by atoms with Gasteiger partial charge in [0.2, 0.25) is 5.69 Å². The maximum atomic E-state index is 10.1. The lowest BCUT2D eigenvalue weighted by Crippen LogP contribution is -2.16. The van der Waals surface area contributed by atoms with E-state index in [-0.39, 0.29) is 236 Å². The molecule has 0 aliphatic heterocycles. The van der Waals surface area contributed by atoms with Gasteiger partial charge < -0.3 is 18.3 Å². The van der Waals surface area contributed by atoms with Crippen LogP contribution in [0.2, 0.25) is 0 Å². The molecule has 0 amide bonds. The summed E-state index contributed by atoms with van der Waals surface area (Å²) in [6.07, 6.45) is 0.156. The van der Waals surface area contributed by atoms with E-state index in [9.17, 15) is 28.5 Å². The zero-order valence-corrected chi connectivity index (χ0v) is 40.8. The Morgan fingerprint density at radius 3 is 1.19 bits per heavy atom. The molecule has 0 radical (unpaired) electrons. The van der Waals surface area contributed by atoms with E-state index in [1.165, 1.54) is 91.0 Å². The van der Waals surface area contributed by atoms with Gasteiger partial charge in [-0.15, -0.1) is 0 Å². The standard InChI is InChI=1S/C70H44N8/c1-71-63-64(75-54-36-16-8-28-46(54)47-29-9-17-37-55(47)75)62(70-73-68(44-24-4-2-5-25-44)72-69(74-70)45-26-6-3-7-27-45)65(76-56-38-18-10-30-48(56)49-31-11-19-39-57(49)76)67(78-60-42-22-14-34-52(60)53-35-15-23-43-61(53)78)66(63)77-58-40-20-12-32-50(58)51-33-13-21-41-59(51)77/h2-18,20-38,40-43H,19,39H2/i16D,17D,18D,19D,20D,21D,22D,23D,28D,29D,30D,31D,32D,33D,34D,35D. The Morgan fingerprint density at radius 2 is 0.769 bits per heavy atom. The molecule has 0 bridgehead atoms. The second-order valence-corrected chi connectivity index (χ2v) is 18.7. The van der Waals surface area contributed by atoms with Crippen molar-refractivity contribution in [2.75, 3.05) is 0 Å². The molecule has 0 saturated heterocycles. The van der Waals surface area contributed by atoms with Crippen LogP contribution in [-0.2, 0) is 6.42 Å². The van der Waals surface area contributed by atoms with E-state index < -0.39 is 6.40 Å². The molecule has 15 aromatic rings. The van der Waals surface area contributed by atoms with Crippen LogP contribution < -0.4 is 0 Å². The number of nitrogens with zero attached hydrogens (tertiary/aromatic N) is 8. The molecule has 8 heteroatoms. The van der Waals surface area contributed by atoms with Crippen molar-refractivity contribution in [1.82, 2.24) is 33.2 Å². The highest BCUT2D eigenvalue weighted by molar-refractivity contribution is 6.16. The highest BCUT2D eigenvalue weighted by Gasteiger charge is 2.37. The minimum Gasteiger partial charge on any atom is -0.318 e. The molecule has 1 unspecified atom stereocenters. The number of para-hydroxylation sites is 7. The van der Waals surface area contributed by atoms with Crippen molar-refractivity contribution < 1.29 is 21.9 Å². The number of hydrogen-bond donors (Lipinski definition) is 0. The third kappa shape index (κ3) is 6.30. The van der Waals surface area contributed by atoms with Crippen molar-refractivity contribution in [1.29, 1.82) is 0 Å². The van der Waals surface area contributed by atoms with Gasteiger partial charge in [0.15, 0.2) is 17.5 Å². The van der Waals surface area contributed by atoms with Gasteiger partial charge in [-0.2, -0.15) is 0 Å². The van der Waals surface area contributed by atoms with E-state index in [4.69, 9.17) is 15.0 Å². The molecule has 10 aromatic carbocycles. The van der Waals surface area contributed by atoms with Crippen molar-refractivity contribution in [2.24, 2.45) is 0 Å². The number of rotatable bonds is 7. The van der Waals surface area contributed by atoms with Gasteiger partial charge in [0.1, 0.15) is 0 Å². The van der Waals surface area contributed by atoms with E-state index in [0.29, 0.717) is 11.1 Å². The summed E-state index contributed by atoms with van der Waals surface area (Å²) >= 11 is 0. The number of fused-ring (bicyclic) bond motifs is 12. The van der Waals surface area contributed by atoms with Crippen LogP contribution in [-0.4, -0.2) is 33.2 Å². The minimum atomic E-state index is -1.13. The van der Waals surface area contributed by atoms with Gasteiger partial charge in [0, 0.05) is 61.5 Å². The average molecular weight is 1010 g/mol. The summed E-state index contributed by atoms with van der Waals surface area (Å²) in [7, 11) is 0. The molecule has 1 aliphatic carbocycles. The molecule has 0 fully saturated rings. The summed E-state index contributed by atoms with van der Waals surface area (Å²) in [6, 6.07) is 34.9. The number of allylic oxidation sites excluding steroid dienone is 1. The number of aromatic nitrogens is 7. The van der Waals surface area contributed by atoms with Crippen LogP contribution in [0.5, 0.6) is 0 Å². The summed E-state index contributed by atoms with van der Waals surface area (Å²) in [5, 5.41) is 0.982. The zero-order valence-electron chi connectivity index (χ0n) is 56.8. The Balaban J connectivity index is 1.33. The largest absolute Gasteiger partial charge is 0.318 e. The molecule has 1 atom stereocenters.